The topological polar surface area (TPSA) is 51.0 Å². The molecule has 3 aromatic rings. The highest BCUT2D eigenvalue weighted by Gasteiger charge is 2.22. The molecule has 0 saturated carbocycles. The molecule has 3 rings (SSSR count). The largest absolute Gasteiger partial charge is 0.300 e. The lowest BCUT2D eigenvalue weighted by atomic mass is 10.2. The molecule has 0 amide bonds. The van der Waals surface area contributed by atoms with Crippen LogP contribution in [0.1, 0.15) is 41.1 Å². The first-order chi connectivity index (χ1) is 13.6. The summed E-state index contributed by atoms with van der Waals surface area (Å²) in [5.74, 6) is 1.38. The second-order valence-electron chi connectivity index (χ2n) is 6.88. The zero-order valence-electron chi connectivity index (χ0n) is 16.6. The fourth-order valence-electron chi connectivity index (χ4n) is 3.18. The maximum Gasteiger partial charge on any atom is 0.192 e. The van der Waals surface area contributed by atoms with Gasteiger partial charge in [-0.3, -0.25) is 9.69 Å². The van der Waals surface area contributed by atoms with E-state index in [0.29, 0.717) is 12.3 Å². The van der Waals surface area contributed by atoms with Crippen molar-refractivity contribution in [2.24, 2.45) is 0 Å². The van der Waals surface area contributed by atoms with E-state index in [1.165, 1.54) is 17.3 Å². The number of hydrogen-bond acceptors (Lipinski definition) is 5. The lowest BCUT2D eigenvalue weighted by Gasteiger charge is -2.23. The van der Waals surface area contributed by atoms with Crippen LogP contribution in [0.4, 0.5) is 0 Å². The average molecular weight is 395 g/mol. The van der Waals surface area contributed by atoms with Gasteiger partial charge < -0.3 is 4.57 Å². The normalized spacial score (nSPS) is 12.3. The van der Waals surface area contributed by atoms with Crippen LogP contribution in [0.5, 0.6) is 0 Å². The molecule has 5 nitrogen and oxygen atoms in total. The van der Waals surface area contributed by atoms with Crippen molar-refractivity contribution in [1.29, 1.82) is 0 Å². The van der Waals surface area contributed by atoms with Crippen molar-refractivity contribution < 1.29 is 4.79 Å². The maximum absolute atomic E-state index is 12.5. The number of carbonyl (C=O) groups excluding carboxylic acids is 1. The van der Waals surface area contributed by atoms with Gasteiger partial charge in [0.25, 0.3) is 0 Å². The van der Waals surface area contributed by atoms with Gasteiger partial charge in [0.1, 0.15) is 0 Å². The summed E-state index contributed by atoms with van der Waals surface area (Å²) in [6.45, 7) is 2.84. The standard InChI is InChI=1S/C22H26N4OS/c1-4-19(25(2)3)21-23-24-22(26(21)15-17-11-7-5-8-12-17)28-16-20(27)18-13-9-6-10-14-18/h5-14,19H,4,15-16H2,1-3H3. The lowest BCUT2D eigenvalue weighted by Crippen LogP contribution is -2.23. The van der Waals surface area contributed by atoms with Crippen LogP contribution in [-0.2, 0) is 6.54 Å². The van der Waals surface area contributed by atoms with Crippen molar-refractivity contribution in [2.45, 2.75) is 31.1 Å². The highest BCUT2D eigenvalue weighted by molar-refractivity contribution is 7.99. The van der Waals surface area contributed by atoms with E-state index in [1.807, 2.05) is 48.5 Å². The Balaban J connectivity index is 1.85. The average Bonchev–Trinajstić information content (AvgIpc) is 3.10. The molecule has 0 aliphatic rings. The zero-order valence-corrected chi connectivity index (χ0v) is 17.4. The van der Waals surface area contributed by atoms with Crippen LogP contribution in [0.2, 0.25) is 0 Å². The van der Waals surface area contributed by atoms with E-state index in [2.05, 4.69) is 52.8 Å². The van der Waals surface area contributed by atoms with Crippen molar-refractivity contribution >= 4 is 17.5 Å². The molecule has 0 aliphatic carbocycles. The molecule has 0 fully saturated rings. The Bertz CT molecular complexity index is 893. The fourth-order valence-corrected chi connectivity index (χ4v) is 4.02. The van der Waals surface area contributed by atoms with E-state index < -0.39 is 0 Å². The SMILES string of the molecule is CCC(c1nnc(SCC(=O)c2ccccc2)n1Cc1ccccc1)N(C)C. The van der Waals surface area contributed by atoms with Gasteiger partial charge in [-0.1, -0.05) is 79.3 Å². The second kappa shape index (κ2) is 9.66. The lowest BCUT2D eigenvalue weighted by molar-refractivity contribution is 0.102. The summed E-state index contributed by atoms with van der Waals surface area (Å²) in [5, 5.41) is 9.70. The van der Waals surface area contributed by atoms with Gasteiger partial charge in [0.05, 0.1) is 18.3 Å². The van der Waals surface area contributed by atoms with Crippen molar-refractivity contribution in [3.63, 3.8) is 0 Å². The smallest absolute Gasteiger partial charge is 0.192 e. The second-order valence-corrected chi connectivity index (χ2v) is 7.82. The molecule has 0 bridgehead atoms. The molecule has 146 valence electrons. The van der Waals surface area contributed by atoms with Crippen molar-refractivity contribution in [2.75, 3.05) is 19.8 Å². The summed E-state index contributed by atoms with van der Waals surface area (Å²) in [7, 11) is 4.11. The minimum atomic E-state index is 0.0982. The predicted octanol–water partition coefficient (Wildman–Crippen LogP) is 4.31. The van der Waals surface area contributed by atoms with Crippen LogP contribution in [0.3, 0.4) is 0 Å². The first-order valence-electron chi connectivity index (χ1n) is 9.44. The van der Waals surface area contributed by atoms with Gasteiger partial charge in [-0.2, -0.15) is 0 Å². The summed E-state index contributed by atoms with van der Waals surface area (Å²) in [4.78, 5) is 14.7. The molecule has 1 heterocycles. The van der Waals surface area contributed by atoms with Gasteiger partial charge in [0, 0.05) is 5.56 Å². The number of hydrogen-bond donors (Lipinski definition) is 0. The summed E-state index contributed by atoms with van der Waals surface area (Å²) < 4.78 is 2.15. The van der Waals surface area contributed by atoms with Gasteiger partial charge in [-0.25, -0.2) is 0 Å². The number of aromatic nitrogens is 3. The Morgan fingerprint density at radius 3 is 2.29 bits per heavy atom. The Kier molecular flexibility index (Phi) is 7.01. The Hall–Kier alpha value is -2.44. The predicted molar refractivity (Wildman–Crippen MR) is 114 cm³/mol. The van der Waals surface area contributed by atoms with Crippen LogP contribution in [-0.4, -0.2) is 45.3 Å². The van der Waals surface area contributed by atoms with E-state index in [1.54, 1.807) is 0 Å². The Morgan fingerprint density at radius 2 is 1.68 bits per heavy atom. The molecule has 1 aromatic heterocycles. The van der Waals surface area contributed by atoms with Crippen LogP contribution in [0.25, 0.3) is 0 Å². The quantitative estimate of drug-likeness (QED) is 0.400. The van der Waals surface area contributed by atoms with E-state index >= 15 is 0 Å². The molecule has 0 N–H and O–H groups in total. The number of carbonyl (C=O) groups is 1. The summed E-state index contributed by atoms with van der Waals surface area (Å²) in [6, 6.07) is 19.8. The van der Waals surface area contributed by atoms with Crippen LogP contribution < -0.4 is 0 Å². The monoisotopic (exact) mass is 394 g/mol. The molecular weight excluding hydrogens is 368 g/mol. The highest BCUT2D eigenvalue weighted by atomic mass is 32.2. The van der Waals surface area contributed by atoms with E-state index in [0.717, 1.165) is 23.0 Å². The van der Waals surface area contributed by atoms with Gasteiger partial charge in [-0.15, -0.1) is 10.2 Å². The molecule has 1 atom stereocenters. The fraction of sp³-hybridized carbons (Fsp3) is 0.318. The number of benzene rings is 2. The summed E-state index contributed by atoms with van der Waals surface area (Å²) in [5.41, 5.74) is 1.91. The van der Waals surface area contributed by atoms with Gasteiger partial charge in [0.2, 0.25) is 0 Å². The summed E-state index contributed by atoms with van der Waals surface area (Å²) in [6.07, 6.45) is 0.938. The Morgan fingerprint density at radius 1 is 1.04 bits per heavy atom. The van der Waals surface area contributed by atoms with Gasteiger partial charge >= 0.3 is 0 Å². The molecule has 0 spiro atoms. The van der Waals surface area contributed by atoms with Crippen molar-refractivity contribution in [1.82, 2.24) is 19.7 Å². The number of nitrogens with zero attached hydrogens (tertiary/aromatic N) is 4. The minimum absolute atomic E-state index is 0.0982. The molecular formula is C22H26N4OS. The van der Waals surface area contributed by atoms with Gasteiger partial charge in [-0.05, 0) is 26.1 Å². The van der Waals surface area contributed by atoms with Crippen molar-refractivity contribution in [3.05, 3.63) is 77.6 Å². The Labute approximate surface area is 170 Å². The first kappa shape index (κ1) is 20.3. The third kappa shape index (κ3) is 4.88. The van der Waals surface area contributed by atoms with Crippen LogP contribution in [0.15, 0.2) is 65.8 Å². The van der Waals surface area contributed by atoms with Crippen molar-refractivity contribution in [3.8, 4) is 0 Å². The summed E-state index contributed by atoms with van der Waals surface area (Å²) >= 11 is 1.45. The molecule has 0 aliphatic heterocycles. The molecule has 0 saturated heterocycles. The minimum Gasteiger partial charge on any atom is -0.300 e. The highest BCUT2D eigenvalue weighted by Crippen LogP contribution is 2.26. The number of thioether (sulfide) groups is 1. The van der Waals surface area contributed by atoms with Gasteiger partial charge in [0.15, 0.2) is 16.8 Å². The third-order valence-electron chi connectivity index (χ3n) is 4.67. The molecule has 0 radical (unpaired) electrons. The zero-order chi connectivity index (χ0) is 19.9. The molecule has 2 aromatic carbocycles. The maximum atomic E-state index is 12.5. The van der Waals surface area contributed by atoms with E-state index in [-0.39, 0.29) is 11.8 Å². The number of ketones is 1. The van der Waals surface area contributed by atoms with E-state index in [9.17, 15) is 4.79 Å². The third-order valence-corrected chi connectivity index (χ3v) is 5.63. The van der Waals surface area contributed by atoms with E-state index in [4.69, 9.17) is 0 Å². The molecule has 6 heteroatoms. The van der Waals surface area contributed by atoms with Crippen LogP contribution >= 0.6 is 11.8 Å². The number of rotatable bonds is 9. The van der Waals surface area contributed by atoms with Crippen LogP contribution in [0, 0.1) is 0 Å². The number of Topliss-reactive ketones (excluding diaryl/α,β-unsaturated/α-hetero) is 1. The molecule has 1 unspecified atom stereocenters. The first-order valence-corrected chi connectivity index (χ1v) is 10.4. The molecule has 28 heavy (non-hydrogen) atoms.